The molecule has 1 heterocycles. The van der Waals surface area contributed by atoms with Gasteiger partial charge in [-0.3, -0.25) is 9.79 Å². The Balaban J connectivity index is 0.00000300. The number of aliphatic imine (C=N–C) groups is 1. The van der Waals surface area contributed by atoms with E-state index in [2.05, 4.69) is 25.9 Å². The van der Waals surface area contributed by atoms with Crippen molar-refractivity contribution in [2.45, 2.75) is 51.5 Å². The van der Waals surface area contributed by atoms with Crippen LogP contribution in [-0.4, -0.2) is 42.5 Å². The van der Waals surface area contributed by atoms with Gasteiger partial charge in [0.05, 0.1) is 6.54 Å². The van der Waals surface area contributed by atoms with E-state index >= 15 is 0 Å². The summed E-state index contributed by atoms with van der Waals surface area (Å²) in [5.74, 6) is 0.543. The monoisotopic (exact) mass is 515 g/mol. The molecule has 1 saturated carbocycles. The van der Waals surface area contributed by atoms with E-state index in [1.165, 1.54) is 18.9 Å². The fraction of sp³-hybridized carbons (Fsp3) is 0.524. The number of carbonyl (C=O) groups excluding carboxylic acids is 1. The molecule has 29 heavy (non-hydrogen) atoms. The lowest BCUT2D eigenvalue weighted by Crippen LogP contribution is -2.38. The van der Waals surface area contributed by atoms with Gasteiger partial charge in [-0.05, 0) is 49.9 Å². The fourth-order valence-electron chi connectivity index (χ4n) is 3.65. The van der Waals surface area contributed by atoms with Gasteiger partial charge in [-0.1, -0.05) is 12.8 Å². The standard InChI is InChI=1S/C21H30FN5O.HI/c1-2-23-21(25-12-10-20(28)27-17-5-3-4-6-17)24-11-9-15-14-26-19-8-7-16(22)13-18(15)19;/h7-8,13-14,17,26H,2-6,9-12H2,1H3,(H,27,28)(H2,23,24,25);1H. The van der Waals surface area contributed by atoms with E-state index in [1.54, 1.807) is 12.1 Å². The summed E-state index contributed by atoms with van der Waals surface area (Å²) in [6.07, 6.45) is 7.67. The van der Waals surface area contributed by atoms with Gasteiger partial charge in [-0.2, -0.15) is 0 Å². The largest absolute Gasteiger partial charge is 0.361 e. The number of benzene rings is 1. The summed E-state index contributed by atoms with van der Waals surface area (Å²) in [7, 11) is 0. The molecule has 0 spiro atoms. The van der Waals surface area contributed by atoms with Crippen LogP contribution in [0, 0.1) is 5.82 Å². The number of nitrogens with one attached hydrogen (secondary N) is 4. The summed E-state index contributed by atoms with van der Waals surface area (Å²) >= 11 is 0. The van der Waals surface area contributed by atoms with Crippen molar-refractivity contribution in [1.29, 1.82) is 0 Å². The molecule has 1 aliphatic rings. The number of nitrogens with zero attached hydrogens (tertiary/aromatic N) is 1. The van der Waals surface area contributed by atoms with Crippen LogP contribution in [0.2, 0.25) is 0 Å². The molecule has 0 saturated heterocycles. The maximum atomic E-state index is 13.5. The minimum atomic E-state index is -0.230. The van der Waals surface area contributed by atoms with Gasteiger partial charge in [0.1, 0.15) is 5.82 Å². The lowest BCUT2D eigenvalue weighted by atomic mass is 10.1. The molecule has 1 aromatic heterocycles. The number of aromatic amines is 1. The van der Waals surface area contributed by atoms with Crippen LogP contribution in [0.3, 0.4) is 0 Å². The molecule has 0 aliphatic heterocycles. The summed E-state index contributed by atoms with van der Waals surface area (Å²) in [6.45, 7) is 3.88. The van der Waals surface area contributed by atoms with Crippen LogP contribution in [0.25, 0.3) is 10.9 Å². The molecule has 1 fully saturated rings. The summed E-state index contributed by atoms with van der Waals surface area (Å²) in [4.78, 5) is 19.7. The highest BCUT2D eigenvalue weighted by Gasteiger charge is 2.16. The van der Waals surface area contributed by atoms with Crippen LogP contribution in [-0.2, 0) is 11.2 Å². The molecule has 6 nitrogen and oxygen atoms in total. The number of aromatic nitrogens is 1. The number of H-pyrrole nitrogens is 1. The predicted octanol–water partition coefficient (Wildman–Crippen LogP) is 3.47. The highest BCUT2D eigenvalue weighted by Crippen LogP contribution is 2.19. The van der Waals surface area contributed by atoms with Gasteiger partial charge in [0.2, 0.25) is 5.91 Å². The highest BCUT2D eigenvalue weighted by molar-refractivity contribution is 14.0. The second-order valence-electron chi connectivity index (χ2n) is 7.24. The van der Waals surface area contributed by atoms with Crippen LogP contribution in [0.15, 0.2) is 29.4 Å². The number of rotatable bonds is 8. The highest BCUT2D eigenvalue weighted by atomic mass is 127. The quantitative estimate of drug-likeness (QED) is 0.247. The van der Waals surface area contributed by atoms with E-state index < -0.39 is 0 Å². The van der Waals surface area contributed by atoms with Crippen molar-refractivity contribution < 1.29 is 9.18 Å². The summed E-state index contributed by atoms with van der Waals surface area (Å²) in [6, 6.07) is 5.12. The lowest BCUT2D eigenvalue weighted by molar-refractivity contribution is -0.121. The molecule has 0 unspecified atom stereocenters. The molecule has 0 radical (unpaired) electrons. The number of guanidine groups is 1. The Morgan fingerprint density at radius 1 is 1.28 bits per heavy atom. The molecule has 0 bridgehead atoms. The lowest BCUT2D eigenvalue weighted by Gasteiger charge is -2.12. The van der Waals surface area contributed by atoms with E-state index in [4.69, 9.17) is 0 Å². The Bertz CT molecular complexity index is 817. The third-order valence-corrected chi connectivity index (χ3v) is 5.09. The van der Waals surface area contributed by atoms with Gasteiger partial charge in [0.15, 0.2) is 5.96 Å². The maximum absolute atomic E-state index is 13.5. The van der Waals surface area contributed by atoms with Gasteiger partial charge in [0, 0.05) is 42.7 Å². The van der Waals surface area contributed by atoms with Gasteiger partial charge in [-0.15, -0.1) is 24.0 Å². The summed E-state index contributed by atoms with van der Waals surface area (Å²) in [5.41, 5.74) is 2.00. The van der Waals surface area contributed by atoms with E-state index in [-0.39, 0.29) is 35.7 Å². The van der Waals surface area contributed by atoms with Crippen LogP contribution in [0.5, 0.6) is 0 Å². The van der Waals surface area contributed by atoms with Crippen LogP contribution >= 0.6 is 24.0 Å². The minimum Gasteiger partial charge on any atom is -0.361 e. The van der Waals surface area contributed by atoms with E-state index in [0.717, 1.165) is 42.3 Å². The van der Waals surface area contributed by atoms with Crippen molar-refractivity contribution in [3.05, 3.63) is 35.8 Å². The molecule has 1 amide bonds. The summed E-state index contributed by atoms with van der Waals surface area (Å²) < 4.78 is 13.5. The number of amides is 1. The fourth-order valence-corrected chi connectivity index (χ4v) is 3.65. The van der Waals surface area contributed by atoms with Crippen LogP contribution < -0.4 is 16.0 Å². The third kappa shape index (κ3) is 7.17. The first-order chi connectivity index (χ1) is 13.7. The molecule has 160 valence electrons. The average molecular weight is 515 g/mol. The first kappa shape index (κ1) is 23.4. The number of halogens is 2. The van der Waals surface area contributed by atoms with Crippen LogP contribution in [0.1, 0.15) is 44.6 Å². The van der Waals surface area contributed by atoms with E-state index in [9.17, 15) is 9.18 Å². The molecular weight excluding hydrogens is 484 g/mol. The normalized spacial score (nSPS) is 14.6. The Hall–Kier alpha value is -1.84. The zero-order valence-corrected chi connectivity index (χ0v) is 19.2. The van der Waals surface area contributed by atoms with Gasteiger partial charge >= 0.3 is 0 Å². The molecule has 2 aromatic rings. The molecule has 1 aromatic carbocycles. The Morgan fingerprint density at radius 2 is 2.07 bits per heavy atom. The SMILES string of the molecule is CCNC(=NCCC(=O)NC1CCCC1)NCCc1c[nH]c2ccc(F)cc12.I. The molecule has 8 heteroatoms. The van der Waals surface area contributed by atoms with Crippen molar-refractivity contribution in [3.63, 3.8) is 0 Å². The number of carbonyl (C=O) groups is 1. The van der Waals surface area contributed by atoms with E-state index in [1.807, 2.05) is 13.1 Å². The molecule has 4 N–H and O–H groups in total. The van der Waals surface area contributed by atoms with Crippen molar-refractivity contribution in [3.8, 4) is 0 Å². The number of hydrogen-bond donors (Lipinski definition) is 4. The Kier molecular flexibility index (Phi) is 9.69. The van der Waals surface area contributed by atoms with Gasteiger partial charge in [0.25, 0.3) is 0 Å². The first-order valence-electron chi connectivity index (χ1n) is 10.2. The summed E-state index contributed by atoms with van der Waals surface area (Å²) in [5, 5.41) is 10.5. The second-order valence-corrected chi connectivity index (χ2v) is 7.24. The average Bonchev–Trinajstić information content (AvgIpc) is 3.31. The Morgan fingerprint density at radius 3 is 2.83 bits per heavy atom. The molecule has 3 rings (SSSR count). The maximum Gasteiger partial charge on any atom is 0.222 e. The zero-order chi connectivity index (χ0) is 19.8. The van der Waals surface area contributed by atoms with Crippen molar-refractivity contribution in [2.24, 2.45) is 4.99 Å². The molecular formula is C21H31FIN5O. The van der Waals surface area contributed by atoms with Crippen molar-refractivity contribution >= 4 is 46.7 Å². The zero-order valence-electron chi connectivity index (χ0n) is 16.9. The van der Waals surface area contributed by atoms with Gasteiger partial charge < -0.3 is 20.9 Å². The Labute approximate surface area is 188 Å². The van der Waals surface area contributed by atoms with Crippen LogP contribution in [0.4, 0.5) is 4.39 Å². The smallest absolute Gasteiger partial charge is 0.222 e. The first-order valence-corrected chi connectivity index (χ1v) is 10.2. The van der Waals surface area contributed by atoms with Crippen molar-refractivity contribution in [1.82, 2.24) is 20.9 Å². The molecule has 1 aliphatic carbocycles. The third-order valence-electron chi connectivity index (χ3n) is 5.09. The number of hydrogen-bond acceptors (Lipinski definition) is 2. The molecule has 0 atom stereocenters. The topological polar surface area (TPSA) is 81.3 Å². The predicted molar refractivity (Wildman–Crippen MR) is 126 cm³/mol. The second kappa shape index (κ2) is 12.0. The van der Waals surface area contributed by atoms with Crippen molar-refractivity contribution in [2.75, 3.05) is 19.6 Å². The van der Waals surface area contributed by atoms with E-state index in [0.29, 0.717) is 31.5 Å². The number of fused-ring (bicyclic) bond motifs is 1. The van der Waals surface area contributed by atoms with Gasteiger partial charge in [-0.25, -0.2) is 4.39 Å². The minimum absolute atomic E-state index is 0.